The minimum Gasteiger partial charge on any atom is -0.310 e. The van der Waals surface area contributed by atoms with Crippen LogP contribution in [0.25, 0.3) is 11.1 Å². The van der Waals surface area contributed by atoms with Crippen LogP contribution in [-0.2, 0) is 0 Å². The van der Waals surface area contributed by atoms with Gasteiger partial charge in [-0.25, -0.2) is 0 Å². The van der Waals surface area contributed by atoms with E-state index in [-0.39, 0.29) is 0 Å². The maximum absolute atomic E-state index is 3.42. The summed E-state index contributed by atoms with van der Waals surface area (Å²) in [4.78, 5) is 0. The van der Waals surface area contributed by atoms with Crippen molar-refractivity contribution in [3.8, 4) is 11.1 Å². The first-order valence-electron chi connectivity index (χ1n) is 7.99. The van der Waals surface area contributed by atoms with Crippen molar-refractivity contribution in [2.75, 3.05) is 12.5 Å². The molecule has 2 aromatic rings. The molecule has 3 heteroatoms. The molecule has 0 bridgehead atoms. The topological polar surface area (TPSA) is 15.3 Å². The highest BCUT2D eigenvalue weighted by Gasteiger charge is 2.22. The molecular weight excluding hydrogens is 288 g/mol. The van der Waals surface area contributed by atoms with Crippen LogP contribution in [0.5, 0.6) is 0 Å². The third-order valence-corrected chi connectivity index (χ3v) is 4.64. The molecule has 0 saturated heterocycles. The van der Waals surface area contributed by atoms with Crippen molar-refractivity contribution < 1.29 is 0 Å². The van der Waals surface area contributed by atoms with E-state index in [1.54, 1.807) is 11.9 Å². The molecule has 0 aliphatic heterocycles. The highest BCUT2D eigenvalue weighted by atomic mass is 32.2. The summed E-state index contributed by atoms with van der Waals surface area (Å²) in [5, 5.41) is 0.565. The van der Waals surface area contributed by atoms with Gasteiger partial charge < -0.3 is 5.43 Å². The summed E-state index contributed by atoms with van der Waals surface area (Å²) >= 11 is 1.79. The molecular formula is C19H24N2S. The Kier molecular flexibility index (Phi) is 4.74. The van der Waals surface area contributed by atoms with Crippen molar-refractivity contribution in [1.82, 2.24) is 4.41 Å². The van der Waals surface area contributed by atoms with Crippen molar-refractivity contribution in [2.45, 2.75) is 37.9 Å². The first kappa shape index (κ1) is 15.4. The molecule has 116 valence electrons. The standard InChI is InChI=1S/C19H24N2S/c1-14(2)22-21(3)20-19-6-4-5-18(13-19)17-11-9-16(10-12-17)15-7-8-15/h4-6,9-15,20H,7-8H2,1-3H3. The van der Waals surface area contributed by atoms with E-state index in [1.807, 2.05) is 0 Å². The van der Waals surface area contributed by atoms with Gasteiger partial charge in [-0.3, -0.25) is 0 Å². The van der Waals surface area contributed by atoms with Gasteiger partial charge in [0.15, 0.2) is 0 Å². The minimum atomic E-state index is 0.565. The maximum atomic E-state index is 3.42. The molecule has 1 aliphatic carbocycles. The average molecular weight is 312 g/mol. The predicted octanol–water partition coefficient (Wildman–Crippen LogP) is 5.55. The van der Waals surface area contributed by atoms with Crippen molar-refractivity contribution in [1.29, 1.82) is 0 Å². The minimum absolute atomic E-state index is 0.565. The van der Waals surface area contributed by atoms with Crippen molar-refractivity contribution in [3.63, 3.8) is 0 Å². The number of hydrazine groups is 1. The third kappa shape index (κ3) is 4.05. The van der Waals surface area contributed by atoms with Crippen molar-refractivity contribution in [2.24, 2.45) is 0 Å². The number of nitrogens with zero attached hydrogens (tertiary/aromatic N) is 1. The van der Waals surface area contributed by atoms with Gasteiger partial charge in [-0.15, -0.1) is 0 Å². The van der Waals surface area contributed by atoms with Crippen LogP contribution < -0.4 is 5.43 Å². The lowest BCUT2D eigenvalue weighted by Gasteiger charge is -2.20. The average Bonchev–Trinajstić information content (AvgIpc) is 3.31. The lowest BCUT2D eigenvalue weighted by atomic mass is 10.0. The Morgan fingerprint density at radius 3 is 2.41 bits per heavy atom. The molecule has 0 atom stereocenters. The van der Waals surface area contributed by atoms with Gasteiger partial charge in [0.05, 0.1) is 5.69 Å². The fourth-order valence-electron chi connectivity index (χ4n) is 2.66. The number of hydrogen-bond donors (Lipinski definition) is 1. The van der Waals surface area contributed by atoms with Crippen LogP contribution in [0.1, 0.15) is 38.2 Å². The largest absolute Gasteiger partial charge is 0.310 e. The molecule has 3 rings (SSSR count). The number of hydrogen-bond acceptors (Lipinski definition) is 3. The molecule has 0 heterocycles. The molecule has 1 fully saturated rings. The van der Waals surface area contributed by atoms with E-state index in [0.29, 0.717) is 5.25 Å². The summed E-state index contributed by atoms with van der Waals surface area (Å²) in [6.45, 7) is 4.39. The molecule has 1 N–H and O–H groups in total. The van der Waals surface area contributed by atoms with Gasteiger partial charge in [0.1, 0.15) is 0 Å². The number of benzene rings is 2. The first-order chi connectivity index (χ1) is 10.6. The fourth-order valence-corrected chi connectivity index (χ4v) is 3.45. The molecule has 1 saturated carbocycles. The molecule has 1 aliphatic rings. The summed E-state index contributed by atoms with van der Waals surface area (Å²) in [5.41, 5.74) is 8.58. The Morgan fingerprint density at radius 2 is 1.77 bits per heavy atom. The van der Waals surface area contributed by atoms with Gasteiger partial charge in [0.2, 0.25) is 0 Å². The van der Waals surface area contributed by atoms with Crippen LogP contribution in [0.4, 0.5) is 5.69 Å². The Morgan fingerprint density at radius 1 is 1.05 bits per heavy atom. The van der Waals surface area contributed by atoms with Crippen LogP contribution in [0.15, 0.2) is 48.5 Å². The van der Waals surface area contributed by atoms with E-state index in [4.69, 9.17) is 0 Å². The Balaban J connectivity index is 1.72. The Hall–Kier alpha value is -1.45. The summed E-state index contributed by atoms with van der Waals surface area (Å²) in [7, 11) is 2.06. The smallest absolute Gasteiger partial charge is 0.0505 e. The number of rotatable bonds is 6. The van der Waals surface area contributed by atoms with Gasteiger partial charge >= 0.3 is 0 Å². The van der Waals surface area contributed by atoms with Gasteiger partial charge in [-0.05, 0) is 47.6 Å². The highest BCUT2D eigenvalue weighted by molar-refractivity contribution is 7.97. The van der Waals surface area contributed by atoms with Gasteiger partial charge in [0, 0.05) is 12.3 Å². The van der Waals surface area contributed by atoms with Crippen molar-refractivity contribution >= 4 is 17.6 Å². The number of nitrogens with one attached hydrogen (secondary N) is 1. The second kappa shape index (κ2) is 6.76. The third-order valence-electron chi connectivity index (χ3n) is 3.81. The van der Waals surface area contributed by atoms with Gasteiger partial charge in [-0.1, -0.05) is 62.2 Å². The summed E-state index contributed by atoms with van der Waals surface area (Å²) in [6, 6.07) is 17.7. The quantitative estimate of drug-likeness (QED) is 0.556. The Labute approximate surface area is 138 Å². The SMILES string of the molecule is CC(C)SN(C)Nc1cccc(-c2ccc(C3CC3)cc2)c1. The molecule has 2 aromatic carbocycles. The van der Waals surface area contributed by atoms with Crippen LogP contribution in [0.2, 0.25) is 0 Å². The molecule has 0 amide bonds. The zero-order valence-corrected chi connectivity index (χ0v) is 14.4. The van der Waals surface area contributed by atoms with E-state index in [0.717, 1.165) is 11.6 Å². The summed E-state index contributed by atoms with van der Waals surface area (Å²) in [6.07, 6.45) is 2.72. The zero-order chi connectivity index (χ0) is 15.5. The van der Waals surface area contributed by atoms with Crippen LogP contribution in [0.3, 0.4) is 0 Å². The van der Waals surface area contributed by atoms with Crippen LogP contribution in [-0.4, -0.2) is 16.7 Å². The summed E-state index contributed by atoms with van der Waals surface area (Å²) < 4.78 is 2.07. The highest BCUT2D eigenvalue weighted by Crippen LogP contribution is 2.40. The normalized spacial score (nSPS) is 14.6. The zero-order valence-electron chi connectivity index (χ0n) is 13.5. The molecule has 22 heavy (non-hydrogen) atoms. The second-order valence-electron chi connectivity index (χ2n) is 6.24. The van der Waals surface area contributed by atoms with Crippen molar-refractivity contribution in [3.05, 3.63) is 54.1 Å². The Bertz CT molecular complexity index is 618. The lowest BCUT2D eigenvalue weighted by Crippen LogP contribution is -2.19. The molecule has 2 nitrogen and oxygen atoms in total. The fraction of sp³-hybridized carbons (Fsp3) is 0.368. The summed E-state index contributed by atoms with van der Waals surface area (Å²) in [5.74, 6) is 0.823. The van der Waals surface area contributed by atoms with Gasteiger partial charge in [0.25, 0.3) is 0 Å². The number of anilines is 1. The molecule has 0 radical (unpaired) electrons. The van der Waals surface area contributed by atoms with Crippen LogP contribution in [0, 0.1) is 0 Å². The van der Waals surface area contributed by atoms with E-state index in [2.05, 4.69) is 79.3 Å². The van der Waals surface area contributed by atoms with E-state index >= 15 is 0 Å². The van der Waals surface area contributed by atoms with Gasteiger partial charge in [-0.2, -0.15) is 4.41 Å². The maximum Gasteiger partial charge on any atom is 0.0505 e. The lowest BCUT2D eigenvalue weighted by molar-refractivity contribution is 0.679. The van der Waals surface area contributed by atoms with E-state index in [1.165, 1.54) is 29.5 Å². The molecule has 0 unspecified atom stereocenters. The van der Waals surface area contributed by atoms with E-state index < -0.39 is 0 Å². The molecule has 0 aromatic heterocycles. The molecule has 0 spiro atoms. The monoisotopic (exact) mass is 312 g/mol. The van der Waals surface area contributed by atoms with Crippen LogP contribution >= 0.6 is 11.9 Å². The predicted molar refractivity (Wildman–Crippen MR) is 98.0 cm³/mol. The first-order valence-corrected chi connectivity index (χ1v) is 8.83. The second-order valence-corrected chi connectivity index (χ2v) is 7.94. The van der Waals surface area contributed by atoms with E-state index in [9.17, 15) is 0 Å².